The first-order valence-corrected chi connectivity index (χ1v) is 12.4. The minimum absolute atomic E-state index is 0.00674. The van der Waals surface area contributed by atoms with Crippen molar-refractivity contribution in [1.82, 2.24) is 14.9 Å². The first kappa shape index (κ1) is 23.4. The molecule has 3 aromatic rings. The van der Waals surface area contributed by atoms with E-state index in [1.807, 2.05) is 11.8 Å². The molecule has 0 spiro atoms. The van der Waals surface area contributed by atoms with Gasteiger partial charge in [-0.15, -0.1) is 11.8 Å². The van der Waals surface area contributed by atoms with Crippen molar-refractivity contribution in [2.24, 2.45) is 7.05 Å². The number of thioether (sulfide) groups is 1. The van der Waals surface area contributed by atoms with Gasteiger partial charge in [-0.05, 0) is 55.5 Å². The summed E-state index contributed by atoms with van der Waals surface area (Å²) < 4.78 is 7.52. The molecule has 2 aromatic heterocycles. The summed E-state index contributed by atoms with van der Waals surface area (Å²) in [7, 11) is 1.61. The van der Waals surface area contributed by atoms with Crippen molar-refractivity contribution in [1.29, 1.82) is 5.26 Å². The molecule has 35 heavy (non-hydrogen) atoms. The molecule has 1 amide bonds. The number of carbonyl (C=O) groups excluding carboxylic acids is 1. The molecule has 2 heterocycles. The number of aromatic nitrogens is 2. The zero-order chi connectivity index (χ0) is 24.6. The average Bonchev–Trinajstić information content (AvgIpc) is 3.82. The van der Waals surface area contributed by atoms with Crippen molar-refractivity contribution < 1.29 is 14.6 Å². The van der Waals surface area contributed by atoms with Crippen LogP contribution in [0.5, 0.6) is 5.88 Å². The van der Waals surface area contributed by atoms with Gasteiger partial charge in [0.05, 0.1) is 23.0 Å². The van der Waals surface area contributed by atoms with Gasteiger partial charge in [0.1, 0.15) is 17.7 Å². The number of benzene rings is 1. The van der Waals surface area contributed by atoms with Crippen molar-refractivity contribution >= 4 is 28.6 Å². The fourth-order valence-corrected chi connectivity index (χ4v) is 5.86. The molecule has 0 radical (unpaired) electrons. The Morgan fingerprint density at radius 1 is 1.23 bits per heavy atom. The lowest BCUT2D eigenvalue weighted by Gasteiger charge is -2.21. The number of aryl methyl sites for hydroxylation is 1. The zero-order valence-electron chi connectivity index (χ0n) is 19.4. The van der Waals surface area contributed by atoms with Crippen LogP contribution in [0.4, 0.5) is 0 Å². The number of fused-ring (bicyclic) bond motifs is 1. The van der Waals surface area contributed by atoms with E-state index in [-0.39, 0.29) is 28.2 Å². The smallest absolute Gasteiger partial charge is 0.263 e. The Labute approximate surface area is 206 Å². The van der Waals surface area contributed by atoms with E-state index in [1.54, 1.807) is 49.6 Å². The second-order valence-electron chi connectivity index (χ2n) is 9.38. The monoisotopic (exact) mass is 490 g/mol. The number of nitriles is 1. The number of ether oxygens (including phenoxy) is 1. The Bertz CT molecular complexity index is 1390. The van der Waals surface area contributed by atoms with Gasteiger partial charge in [-0.25, -0.2) is 4.98 Å². The predicted octanol–water partition coefficient (Wildman–Crippen LogP) is 2.90. The molecular formula is C26H26N4O4S. The number of nitrogens with zero attached hydrogens (tertiary/aromatic N) is 3. The quantitative estimate of drug-likeness (QED) is 0.474. The van der Waals surface area contributed by atoms with E-state index in [4.69, 9.17) is 10.00 Å². The number of rotatable bonds is 9. The normalized spacial score (nSPS) is 16.9. The number of carbonyl (C=O) groups is 1. The fourth-order valence-electron chi connectivity index (χ4n) is 4.15. The topological polar surface area (TPSA) is 117 Å². The molecule has 2 saturated carbocycles. The molecule has 2 aliphatic rings. The van der Waals surface area contributed by atoms with Gasteiger partial charge in [-0.3, -0.25) is 9.59 Å². The minimum atomic E-state index is -0.469. The molecule has 180 valence electrons. The first-order chi connectivity index (χ1) is 16.9. The minimum Gasteiger partial charge on any atom is -0.475 e. The van der Waals surface area contributed by atoms with Crippen molar-refractivity contribution in [3.05, 3.63) is 69.6 Å². The Morgan fingerprint density at radius 3 is 2.57 bits per heavy atom. The van der Waals surface area contributed by atoms with Crippen LogP contribution in [-0.4, -0.2) is 43.3 Å². The third-order valence-corrected chi connectivity index (χ3v) is 8.61. The summed E-state index contributed by atoms with van der Waals surface area (Å²) in [5.74, 6) is -0.101. The van der Waals surface area contributed by atoms with Crippen LogP contribution in [0.25, 0.3) is 10.9 Å². The van der Waals surface area contributed by atoms with Crippen molar-refractivity contribution in [3.8, 4) is 11.9 Å². The SMILES string of the molecule is Cn1c(=O)c(C(=O)NCc2ccc(C#N)cc2)cc2ccnc(OCC3(SC4(CO)CC4)CC3)c21. The molecule has 1 aromatic carbocycles. The highest BCUT2D eigenvalue weighted by atomic mass is 32.2. The van der Waals surface area contributed by atoms with Crippen LogP contribution in [0.1, 0.15) is 47.2 Å². The number of hydrogen-bond donors (Lipinski definition) is 2. The van der Waals surface area contributed by atoms with Crippen LogP contribution in [0.3, 0.4) is 0 Å². The molecule has 2 aliphatic carbocycles. The van der Waals surface area contributed by atoms with Gasteiger partial charge < -0.3 is 19.7 Å². The fraction of sp³-hybridized carbons (Fsp3) is 0.385. The summed E-state index contributed by atoms with van der Waals surface area (Å²) in [5.41, 5.74) is 1.53. The van der Waals surface area contributed by atoms with Crippen LogP contribution >= 0.6 is 11.8 Å². The molecule has 0 atom stereocenters. The van der Waals surface area contributed by atoms with E-state index in [9.17, 15) is 14.7 Å². The average molecular weight is 491 g/mol. The first-order valence-electron chi connectivity index (χ1n) is 11.6. The number of pyridine rings is 2. The number of amides is 1. The van der Waals surface area contributed by atoms with Crippen LogP contribution in [0, 0.1) is 11.3 Å². The van der Waals surface area contributed by atoms with E-state index in [2.05, 4.69) is 16.4 Å². The van der Waals surface area contributed by atoms with E-state index < -0.39 is 11.5 Å². The van der Waals surface area contributed by atoms with Crippen LogP contribution in [0.15, 0.2) is 47.4 Å². The van der Waals surface area contributed by atoms with Crippen LogP contribution in [0.2, 0.25) is 0 Å². The van der Waals surface area contributed by atoms with Crippen molar-refractivity contribution in [2.45, 2.75) is 41.7 Å². The molecule has 8 nitrogen and oxygen atoms in total. The van der Waals surface area contributed by atoms with Gasteiger partial charge >= 0.3 is 0 Å². The maximum absolute atomic E-state index is 13.1. The number of aliphatic hydroxyl groups excluding tert-OH is 1. The predicted molar refractivity (Wildman–Crippen MR) is 133 cm³/mol. The van der Waals surface area contributed by atoms with Gasteiger partial charge in [0, 0.05) is 29.9 Å². The molecular weight excluding hydrogens is 464 g/mol. The molecule has 0 unspecified atom stereocenters. The van der Waals surface area contributed by atoms with Crippen LogP contribution in [-0.2, 0) is 13.6 Å². The summed E-state index contributed by atoms with van der Waals surface area (Å²) in [5, 5.41) is 22.1. The standard InChI is InChI=1S/C26H26N4O4S/c1-30-21-19(6-11-28-23(21)34-16-26(9-10-26)35-25(15-31)7-8-25)12-20(24(30)33)22(32)29-14-18-4-2-17(13-27)3-5-18/h2-6,11-12,31H,7-10,14-16H2,1H3,(H,29,32). The summed E-state index contributed by atoms with van der Waals surface area (Å²) >= 11 is 1.83. The largest absolute Gasteiger partial charge is 0.475 e. The molecule has 2 fully saturated rings. The highest BCUT2D eigenvalue weighted by Crippen LogP contribution is 2.61. The van der Waals surface area contributed by atoms with Crippen LogP contribution < -0.4 is 15.6 Å². The molecule has 9 heteroatoms. The number of nitrogens with one attached hydrogen (secondary N) is 1. The third-order valence-electron chi connectivity index (χ3n) is 6.68. The van der Waals surface area contributed by atoms with E-state index in [1.165, 1.54) is 4.57 Å². The Morgan fingerprint density at radius 2 is 1.94 bits per heavy atom. The lowest BCUT2D eigenvalue weighted by atomic mass is 10.1. The second-order valence-corrected chi connectivity index (χ2v) is 11.3. The van der Waals surface area contributed by atoms with Crippen molar-refractivity contribution in [2.75, 3.05) is 13.2 Å². The summed E-state index contributed by atoms with van der Waals surface area (Å²) in [4.78, 5) is 30.3. The van der Waals surface area contributed by atoms with Crippen molar-refractivity contribution in [3.63, 3.8) is 0 Å². The highest BCUT2D eigenvalue weighted by molar-refractivity contribution is 8.02. The van der Waals surface area contributed by atoms with E-state index >= 15 is 0 Å². The van der Waals surface area contributed by atoms with E-state index in [0.717, 1.165) is 31.2 Å². The Hall–Kier alpha value is -3.35. The Kier molecular flexibility index (Phi) is 6.03. The molecule has 2 N–H and O–H groups in total. The number of aliphatic hydroxyl groups is 1. The third kappa shape index (κ3) is 4.77. The summed E-state index contributed by atoms with van der Waals surface area (Å²) in [6.07, 6.45) is 5.75. The second kappa shape index (κ2) is 9.02. The highest BCUT2D eigenvalue weighted by Gasteiger charge is 2.55. The van der Waals surface area contributed by atoms with Gasteiger partial charge in [-0.1, -0.05) is 12.1 Å². The Balaban J connectivity index is 1.33. The lowest BCUT2D eigenvalue weighted by molar-refractivity contribution is 0.0949. The maximum atomic E-state index is 13.1. The van der Waals surface area contributed by atoms with Gasteiger partial charge in [-0.2, -0.15) is 5.26 Å². The van der Waals surface area contributed by atoms with Gasteiger partial charge in [0.15, 0.2) is 0 Å². The van der Waals surface area contributed by atoms with E-state index in [0.29, 0.717) is 29.0 Å². The summed E-state index contributed by atoms with van der Waals surface area (Å²) in [6, 6.07) is 12.3. The molecule has 0 bridgehead atoms. The maximum Gasteiger partial charge on any atom is 0.263 e. The molecule has 5 rings (SSSR count). The van der Waals surface area contributed by atoms with Gasteiger partial charge in [0.25, 0.3) is 11.5 Å². The summed E-state index contributed by atoms with van der Waals surface area (Å²) in [6.45, 7) is 0.897. The molecule has 0 saturated heterocycles. The lowest BCUT2D eigenvalue weighted by Crippen LogP contribution is -2.32. The zero-order valence-corrected chi connectivity index (χ0v) is 20.2. The molecule has 0 aliphatic heterocycles. The number of hydrogen-bond acceptors (Lipinski definition) is 7. The van der Waals surface area contributed by atoms with Gasteiger partial charge in [0.2, 0.25) is 5.88 Å².